The standard InChI is InChI=1S/C33H43N7O6/c1-33(2,3)30(32(44)40-15-11-22(41)19-40)37-29(42)20-46-23-12-16-39(17-13-23)21-8-9-26(28(18-21)45-4)36-31(43)27-7-5-6-24(35-27)25-10-14-34-38-25/h5-10,14,18,22-23,30,41H,11-13,15-17,19-20H2,1-4H3,(H,34,38)(H,36,43)(H,37,42)/t22-,30-/m1/s1. The van der Waals surface area contributed by atoms with E-state index in [1.165, 1.54) is 0 Å². The molecular formula is C33H43N7O6. The number of hydrogen-bond donors (Lipinski definition) is 4. The summed E-state index contributed by atoms with van der Waals surface area (Å²) in [5, 5.41) is 22.5. The Labute approximate surface area is 268 Å². The molecule has 0 bridgehead atoms. The van der Waals surface area contributed by atoms with E-state index in [4.69, 9.17) is 9.47 Å². The van der Waals surface area contributed by atoms with Gasteiger partial charge in [-0.05, 0) is 55.0 Å². The van der Waals surface area contributed by atoms with Crippen LogP contribution in [0.2, 0.25) is 0 Å². The number of hydrogen-bond acceptors (Lipinski definition) is 9. The van der Waals surface area contributed by atoms with Crippen molar-refractivity contribution in [2.45, 2.75) is 58.3 Å². The SMILES string of the molecule is COc1cc(N2CCC(OCC(=O)N[C@H](C(=O)N3CC[C@@H](O)C3)C(C)(C)C)CC2)ccc1NC(=O)c1cccc(-c2cc[nH]n2)n1. The third-order valence-electron chi connectivity index (χ3n) is 8.33. The smallest absolute Gasteiger partial charge is 0.274 e. The van der Waals surface area contributed by atoms with Crippen LogP contribution in [-0.2, 0) is 14.3 Å². The van der Waals surface area contributed by atoms with Crippen molar-refractivity contribution in [1.29, 1.82) is 0 Å². The number of nitrogens with one attached hydrogen (secondary N) is 3. The number of amides is 3. The van der Waals surface area contributed by atoms with Crippen LogP contribution in [0.1, 0.15) is 50.5 Å². The maximum Gasteiger partial charge on any atom is 0.274 e. The van der Waals surface area contributed by atoms with Crippen molar-refractivity contribution < 1.29 is 29.0 Å². The zero-order valence-electron chi connectivity index (χ0n) is 26.8. The van der Waals surface area contributed by atoms with Crippen LogP contribution in [0, 0.1) is 5.41 Å². The first-order valence-electron chi connectivity index (χ1n) is 15.6. The molecule has 3 amide bonds. The van der Waals surface area contributed by atoms with E-state index in [0.717, 1.165) is 18.5 Å². The van der Waals surface area contributed by atoms with E-state index >= 15 is 0 Å². The number of nitrogens with zero attached hydrogens (tertiary/aromatic N) is 4. The summed E-state index contributed by atoms with van der Waals surface area (Å²) in [6, 6.07) is 11.9. The van der Waals surface area contributed by atoms with Crippen molar-refractivity contribution >= 4 is 29.1 Å². The molecule has 0 unspecified atom stereocenters. The van der Waals surface area contributed by atoms with E-state index in [-0.39, 0.29) is 36.1 Å². The largest absolute Gasteiger partial charge is 0.494 e. The fourth-order valence-electron chi connectivity index (χ4n) is 5.72. The van der Waals surface area contributed by atoms with Gasteiger partial charge in [0.15, 0.2) is 0 Å². The molecule has 46 heavy (non-hydrogen) atoms. The van der Waals surface area contributed by atoms with E-state index < -0.39 is 17.6 Å². The number of aliphatic hydroxyl groups excluding tert-OH is 1. The minimum Gasteiger partial charge on any atom is -0.494 e. The van der Waals surface area contributed by atoms with Gasteiger partial charge in [0.25, 0.3) is 5.91 Å². The van der Waals surface area contributed by atoms with Gasteiger partial charge >= 0.3 is 0 Å². The molecular weight excluding hydrogens is 590 g/mol. The number of benzene rings is 1. The fraction of sp³-hybridized carbons (Fsp3) is 0.485. The molecule has 2 saturated heterocycles. The van der Waals surface area contributed by atoms with Gasteiger partial charge in [0.05, 0.1) is 30.7 Å². The quantitative estimate of drug-likeness (QED) is 0.263. The second-order valence-electron chi connectivity index (χ2n) is 12.8. The number of aromatic nitrogens is 3. The molecule has 0 radical (unpaired) electrons. The second-order valence-corrected chi connectivity index (χ2v) is 12.8. The second kappa shape index (κ2) is 14.3. The van der Waals surface area contributed by atoms with Gasteiger partial charge in [-0.2, -0.15) is 5.10 Å². The number of carbonyl (C=O) groups is 3. The van der Waals surface area contributed by atoms with Crippen molar-refractivity contribution in [2.75, 3.05) is 50.1 Å². The van der Waals surface area contributed by atoms with Crippen molar-refractivity contribution in [1.82, 2.24) is 25.4 Å². The topological polar surface area (TPSA) is 162 Å². The van der Waals surface area contributed by atoms with Crippen LogP contribution < -0.4 is 20.3 Å². The first kappa shape index (κ1) is 32.9. The maximum atomic E-state index is 13.1. The molecule has 2 atom stereocenters. The highest BCUT2D eigenvalue weighted by molar-refractivity contribution is 6.04. The number of rotatable bonds is 10. The summed E-state index contributed by atoms with van der Waals surface area (Å²) in [6.07, 6.45) is 3.08. The lowest BCUT2D eigenvalue weighted by molar-refractivity contribution is -0.140. The molecule has 2 aromatic heterocycles. The predicted molar refractivity (Wildman–Crippen MR) is 173 cm³/mol. The monoisotopic (exact) mass is 633 g/mol. The van der Waals surface area contributed by atoms with Crippen molar-refractivity contribution in [3.63, 3.8) is 0 Å². The van der Waals surface area contributed by atoms with Gasteiger partial charge in [-0.1, -0.05) is 26.8 Å². The normalized spacial score (nSPS) is 17.9. The zero-order chi connectivity index (χ0) is 32.8. The van der Waals surface area contributed by atoms with E-state index in [9.17, 15) is 19.5 Å². The minimum absolute atomic E-state index is 0.0929. The third-order valence-corrected chi connectivity index (χ3v) is 8.33. The number of ether oxygens (including phenoxy) is 2. The summed E-state index contributed by atoms with van der Waals surface area (Å²) in [5.41, 5.74) is 2.48. The number of methoxy groups -OCH3 is 1. The molecule has 4 heterocycles. The Morgan fingerprint density at radius 1 is 1.07 bits per heavy atom. The average Bonchev–Trinajstić information content (AvgIpc) is 3.75. The molecule has 0 spiro atoms. The molecule has 3 aromatic rings. The Kier molecular flexibility index (Phi) is 10.2. The number of aromatic amines is 1. The van der Waals surface area contributed by atoms with E-state index in [1.807, 2.05) is 39.0 Å². The summed E-state index contributed by atoms with van der Waals surface area (Å²) >= 11 is 0. The fourth-order valence-corrected chi connectivity index (χ4v) is 5.72. The molecule has 246 valence electrons. The summed E-state index contributed by atoms with van der Waals surface area (Å²) in [7, 11) is 1.56. The summed E-state index contributed by atoms with van der Waals surface area (Å²) in [6.45, 7) is 7.80. The number of carbonyl (C=O) groups excluding carboxylic acids is 3. The number of pyridine rings is 1. The Hall–Kier alpha value is -4.49. The lowest BCUT2D eigenvalue weighted by Crippen LogP contribution is -2.55. The van der Waals surface area contributed by atoms with Crippen LogP contribution in [-0.4, -0.2) is 101 Å². The molecule has 13 heteroatoms. The van der Waals surface area contributed by atoms with Gasteiger partial charge in [-0.15, -0.1) is 0 Å². The number of likely N-dealkylation sites (tertiary alicyclic amines) is 1. The molecule has 2 aliphatic rings. The molecule has 13 nitrogen and oxygen atoms in total. The Balaban J connectivity index is 1.12. The van der Waals surface area contributed by atoms with Crippen LogP contribution >= 0.6 is 0 Å². The van der Waals surface area contributed by atoms with Crippen LogP contribution in [0.5, 0.6) is 5.75 Å². The summed E-state index contributed by atoms with van der Waals surface area (Å²) < 4.78 is 11.6. The van der Waals surface area contributed by atoms with Gasteiger partial charge < -0.3 is 35.0 Å². The first-order chi connectivity index (χ1) is 22.0. The van der Waals surface area contributed by atoms with Crippen molar-refractivity contribution in [3.8, 4) is 17.1 Å². The third kappa shape index (κ3) is 8.01. The number of aliphatic hydroxyl groups is 1. The minimum atomic E-state index is -0.707. The van der Waals surface area contributed by atoms with Gasteiger partial charge in [0.2, 0.25) is 11.8 Å². The van der Waals surface area contributed by atoms with Gasteiger partial charge in [-0.3, -0.25) is 19.5 Å². The van der Waals surface area contributed by atoms with E-state index in [1.54, 1.807) is 42.5 Å². The molecule has 4 N–H and O–H groups in total. The highest BCUT2D eigenvalue weighted by Crippen LogP contribution is 2.32. The summed E-state index contributed by atoms with van der Waals surface area (Å²) in [5.74, 6) is -0.349. The van der Waals surface area contributed by atoms with Crippen LogP contribution in [0.3, 0.4) is 0 Å². The van der Waals surface area contributed by atoms with Gasteiger partial charge in [0, 0.05) is 44.1 Å². The van der Waals surface area contributed by atoms with Gasteiger partial charge in [0.1, 0.15) is 29.8 Å². The highest BCUT2D eigenvalue weighted by atomic mass is 16.5. The molecule has 2 fully saturated rings. The molecule has 5 rings (SSSR count). The average molecular weight is 634 g/mol. The molecule has 0 aliphatic carbocycles. The number of β-amino-alcohol motifs (C(OH)–C–C–N with tert-alkyl or cyclic N) is 1. The van der Waals surface area contributed by atoms with E-state index in [0.29, 0.717) is 55.4 Å². The number of H-pyrrole nitrogens is 1. The first-order valence-corrected chi connectivity index (χ1v) is 15.6. The maximum absolute atomic E-state index is 13.1. The zero-order valence-corrected chi connectivity index (χ0v) is 26.8. The van der Waals surface area contributed by atoms with Crippen LogP contribution in [0.25, 0.3) is 11.4 Å². The predicted octanol–water partition coefficient (Wildman–Crippen LogP) is 2.84. The van der Waals surface area contributed by atoms with Gasteiger partial charge in [-0.25, -0.2) is 4.98 Å². The van der Waals surface area contributed by atoms with Crippen LogP contribution in [0.15, 0.2) is 48.7 Å². The van der Waals surface area contributed by atoms with Crippen molar-refractivity contribution in [3.05, 3.63) is 54.4 Å². The van der Waals surface area contributed by atoms with Crippen LogP contribution in [0.4, 0.5) is 11.4 Å². The Bertz CT molecular complexity index is 1510. The van der Waals surface area contributed by atoms with E-state index in [2.05, 4.69) is 30.7 Å². The van der Waals surface area contributed by atoms with Crippen molar-refractivity contribution in [2.24, 2.45) is 5.41 Å². The lowest BCUT2D eigenvalue weighted by atomic mass is 9.85. The Morgan fingerprint density at radius 3 is 2.50 bits per heavy atom. The Morgan fingerprint density at radius 2 is 1.85 bits per heavy atom. The number of anilines is 2. The highest BCUT2D eigenvalue weighted by Gasteiger charge is 2.38. The lowest BCUT2D eigenvalue weighted by Gasteiger charge is -2.35. The molecule has 0 saturated carbocycles. The summed E-state index contributed by atoms with van der Waals surface area (Å²) in [4.78, 5) is 47.2. The molecule has 1 aromatic carbocycles. The molecule has 2 aliphatic heterocycles. The number of piperidine rings is 1.